The third-order valence-corrected chi connectivity index (χ3v) is 5.82. The van der Waals surface area contributed by atoms with Crippen LogP contribution in [0.5, 0.6) is 0 Å². The molecule has 6 nitrogen and oxygen atoms in total. The normalized spacial score (nSPS) is 22.8. The fourth-order valence-electron chi connectivity index (χ4n) is 3.53. The van der Waals surface area contributed by atoms with Crippen LogP contribution in [0.3, 0.4) is 0 Å². The molecule has 0 saturated carbocycles. The third kappa shape index (κ3) is 3.64. The highest BCUT2D eigenvalue weighted by Crippen LogP contribution is 2.25. The Balaban J connectivity index is 1.32. The molecule has 2 aromatic rings. The molecule has 4 rings (SSSR count). The Morgan fingerprint density at radius 2 is 2.29 bits per heavy atom. The van der Waals surface area contributed by atoms with Crippen LogP contribution >= 0.6 is 11.3 Å². The van der Waals surface area contributed by atoms with E-state index < -0.39 is 0 Å². The summed E-state index contributed by atoms with van der Waals surface area (Å²) in [6.07, 6.45) is 1.86. The second-order valence-electron chi connectivity index (χ2n) is 6.48. The van der Waals surface area contributed by atoms with Crippen molar-refractivity contribution in [2.24, 2.45) is 5.92 Å². The standard InChI is InChI=1S/C17H25N5OS/c1-2-16(24-9-1)15(21-5-7-23-8-6-21)12-18-10-14-11-19-17-3-4-20-22(17)13-14/h1-4,9,14-15,18-19H,5-8,10-13H2/t14-,15-/m1/s1. The molecule has 24 heavy (non-hydrogen) atoms. The largest absolute Gasteiger partial charge is 0.379 e. The predicted molar refractivity (Wildman–Crippen MR) is 96.5 cm³/mol. The zero-order valence-electron chi connectivity index (χ0n) is 13.9. The first-order valence-electron chi connectivity index (χ1n) is 8.72. The SMILES string of the molecule is c1csc([C@@H](CNC[C@@H]2CNc3ccnn3C2)N2CCOCC2)c1. The van der Waals surface area contributed by atoms with E-state index in [0.29, 0.717) is 12.0 Å². The zero-order valence-corrected chi connectivity index (χ0v) is 14.7. The van der Waals surface area contributed by atoms with Crippen molar-refractivity contribution in [2.45, 2.75) is 12.6 Å². The lowest BCUT2D eigenvalue weighted by Gasteiger charge is -2.34. The van der Waals surface area contributed by atoms with Crippen molar-refractivity contribution in [3.63, 3.8) is 0 Å². The van der Waals surface area contributed by atoms with Gasteiger partial charge in [-0.3, -0.25) is 4.90 Å². The van der Waals surface area contributed by atoms with E-state index in [1.807, 2.05) is 23.6 Å². The number of anilines is 1. The molecule has 0 unspecified atom stereocenters. The van der Waals surface area contributed by atoms with Crippen LogP contribution < -0.4 is 10.6 Å². The summed E-state index contributed by atoms with van der Waals surface area (Å²) in [7, 11) is 0. The summed E-state index contributed by atoms with van der Waals surface area (Å²) < 4.78 is 7.58. The average molecular weight is 347 g/mol. The topological polar surface area (TPSA) is 54.4 Å². The highest BCUT2D eigenvalue weighted by molar-refractivity contribution is 7.10. The molecule has 130 valence electrons. The minimum atomic E-state index is 0.450. The van der Waals surface area contributed by atoms with Crippen LogP contribution in [0.2, 0.25) is 0 Å². The maximum absolute atomic E-state index is 5.52. The van der Waals surface area contributed by atoms with E-state index in [-0.39, 0.29) is 0 Å². The van der Waals surface area contributed by atoms with Crippen LogP contribution in [0.15, 0.2) is 29.8 Å². The predicted octanol–water partition coefficient (Wildman–Crippen LogP) is 1.65. The van der Waals surface area contributed by atoms with Crippen LogP contribution in [-0.4, -0.2) is 60.6 Å². The Hall–Kier alpha value is -1.41. The van der Waals surface area contributed by atoms with Gasteiger partial charge in [0.15, 0.2) is 0 Å². The minimum Gasteiger partial charge on any atom is -0.379 e. The van der Waals surface area contributed by atoms with E-state index in [1.165, 1.54) is 4.88 Å². The number of ether oxygens (including phenoxy) is 1. The number of thiophene rings is 1. The van der Waals surface area contributed by atoms with E-state index in [9.17, 15) is 0 Å². The summed E-state index contributed by atoms with van der Waals surface area (Å²) >= 11 is 1.85. The molecular formula is C17H25N5OS. The molecule has 0 radical (unpaired) electrons. The summed E-state index contributed by atoms with van der Waals surface area (Å²) in [6.45, 7) is 7.73. The lowest BCUT2D eigenvalue weighted by atomic mass is 10.1. The lowest BCUT2D eigenvalue weighted by Crippen LogP contribution is -2.44. The molecule has 2 atom stereocenters. The summed E-state index contributed by atoms with van der Waals surface area (Å²) in [5.41, 5.74) is 0. The minimum absolute atomic E-state index is 0.450. The Bertz CT molecular complexity index is 623. The van der Waals surface area contributed by atoms with E-state index >= 15 is 0 Å². The van der Waals surface area contributed by atoms with Gasteiger partial charge in [-0.2, -0.15) is 5.10 Å². The van der Waals surface area contributed by atoms with Gasteiger partial charge in [0.2, 0.25) is 0 Å². The molecule has 1 fully saturated rings. The molecule has 1 saturated heterocycles. The summed E-state index contributed by atoms with van der Waals surface area (Å²) in [6, 6.07) is 6.89. The van der Waals surface area contributed by atoms with Gasteiger partial charge in [0.1, 0.15) is 5.82 Å². The number of morpholine rings is 1. The highest BCUT2D eigenvalue weighted by Gasteiger charge is 2.24. The first-order chi connectivity index (χ1) is 11.9. The molecular weight excluding hydrogens is 322 g/mol. The number of hydrogen-bond donors (Lipinski definition) is 2. The fraction of sp³-hybridized carbons (Fsp3) is 0.588. The van der Waals surface area contributed by atoms with Crippen molar-refractivity contribution in [2.75, 3.05) is 51.3 Å². The van der Waals surface area contributed by atoms with E-state index in [1.54, 1.807) is 0 Å². The zero-order chi connectivity index (χ0) is 16.2. The quantitative estimate of drug-likeness (QED) is 0.832. The van der Waals surface area contributed by atoms with Gasteiger partial charge in [-0.1, -0.05) is 6.07 Å². The average Bonchev–Trinajstić information content (AvgIpc) is 3.30. The first kappa shape index (κ1) is 16.1. The van der Waals surface area contributed by atoms with Crippen LogP contribution in [0, 0.1) is 5.92 Å². The Kier molecular flexibility index (Phi) is 5.13. The van der Waals surface area contributed by atoms with Crippen molar-refractivity contribution in [3.05, 3.63) is 34.7 Å². The van der Waals surface area contributed by atoms with Crippen molar-refractivity contribution >= 4 is 17.2 Å². The van der Waals surface area contributed by atoms with Gasteiger partial charge < -0.3 is 15.4 Å². The second kappa shape index (κ2) is 7.65. The van der Waals surface area contributed by atoms with Crippen LogP contribution in [-0.2, 0) is 11.3 Å². The fourth-order valence-corrected chi connectivity index (χ4v) is 4.39. The third-order valence-electron chi connectivity index (χ3n) is 4.85. The second-order valence-corrected chi connectivity index (χ2v) is 7.46. The first-order valence-corrected chi connectivity index (χ1v) is 9.60. The smallest absolute Gasteiger partial charge is 0.124 e. The van der Waals surface area contributed by atoms with Crippen LogP contribution in [0.25, 0.3) is 0 Å². The van der Waals surface area contributed by atoms with Crippen molar-refractivity contribution in [3.8, 4) is 0 Å². The van der Waals surface area contributed by atoms with Crippen molar-refractivity contribution in [1.29, 1.82) is 0 Å². The molecule has 0 aromatic carbocycles. The molecule has 4 heterocycles. The van der Waals surface area contributed by atoms with Crippen LogP contribution in [0.1, 0.15) is 10.9 Å². The number of rotatable bonds is 6. The molecule has 2 aromatic heterocycles. The Morgan fingerprint density at radius 3 is 3.12 bits per heavy atom. The van der Waals surface area contributed by atoms with Gasteiger partial charge in [-0.25, -0.2) is 4.68 Å². The van der Waals surface area contributed by atoms with E-state index in [2.05, 4.69) is 42.8 Å². The van der Waals surface area contributed by atoms with Gasteiger partial charge in [-0.15, -0.1) is 11.3 Å². The molecule has 0 aliphatic carbocycles. The monoisotopic (exact) mass is 347 g/mol. The maximum Gasteiger partial charge on any atom is 0.124 e. The van der Waals surface area contributed by atoms with Gasteiger partial charge >= 0.3 is 0 Å². The van der Waals surface area contributed by atoms with Gasteiger partial charge in [0.25, 0.3) is 0 Å². The van der Waals surface area contributed by atoms with Crippen molar-refractivity contribution in [1.82, 2.24) is 20.0 Å². The number of nitrogens with one attached hydrogen (secondary N) is 2. The number of nitrogens with zero attached hydrogens (tertiary/aromatic N) is 3. The van der Waals surface area contributed by atoms with E-state index in [4.69, 9.17) is 4.74 Å². The molecule has 2 N–H and O–H groups in total. The van der Waals surface area contributed by atoms with E-state index in [0.717, 1.165) is 58.3 Å². The summed E-state index contributed by atoms with van der Waals surface area (Å²) in [4.78, 5) is 3.99. The lowest BCUT2D eigenvalue weighted by molar-refractivity contribution is 0.0167. The Morgan fingerprint density at radius 1 is 1.38 bits per heavy atom. The van der Waals surface area contributed by atoms with Crippen molar-refractivity contribution < 1.29 is 4.74 Å². The number of hydrogen-bond acceptors (Lipinski definition) is 6. The van der Waals surface area contributed by atoms with Gasteiger partial charge in [-0.05, 0) is 11.4 Å². The molecule has 7 heteroatoms. The molecule has 0 spiro atoms. The summed E-state index contributed by atoms with van der Waals surface area (Å²) in [5.74, 6) is 1.71. The number of aromatic nitrogens is 2. The summed E-state index contributed by atoms with van der Waals surface area (Å²) in [5, 5.41) is 13.7. The number of fused-ring (bicyclic) bond motifs is 1. The maximum atomic E-state index is 5.52. The molecule has 2 aliphatic rings. The van der Waals surface area contributed by atoms with Crippen LogP contribution in [0.4, 0.5) is 5.82 Å². The van der Waals surface area contributed by atoms with Gasteiger partial charge in [0.05, 0.1) is 25.5 Å². The molecule has 2 aliphatic heterocycles. The van der Waals surface area contributed by atoms with Gasteiger partial charge in [0, 0.05) is 56.1 Å². The Labute approximate surface area is 146 Å². The molecule has 0 amide bonds. The molecule has 0 bridgehead atoms. The highest BCUT2D eigenvalue weighted by atomic mass is 32.1.